The smallest absolute Gasteiger partial charge is 0.275 e. The van der Waals surface area contributed by atoms with Gasteiger partial charge in [0.2, 0.25) is 0 Å². The first-order valence-electron chi connectivity index (χ1n) is 7.43. The van der Waals surface area contributed by atoms with E-state index in [4.69, 9.17) is 0 Å². The van der Waals surface area contributed by atoms with Crippen LogP contribution in [0.3, 0.4) is 0 Å². The molecule has 7 heteroatoms. The second kappa shape index (κ2) is 6.72. The lowest BCUT2D eigenvalue weighted by atomic mass is 10.2. The fourth-order valence-electron chi connectivity index (χ4n) is 2.55. The van der Waals surface area contributed by atoms with E-state index in [1.165, 1.54) is 0 Å². The molecule has 0 bridgehead atoms. The van der Waals surface area contributed by atoms with E-state index in [2.05, 4.69) is 20.6 Å². The van der Waals surface area contributed by atoms with Gasteiger partial charge in [-0.2, -0.15) is 0 Å². The largest absolute Gasteiger partial charge is 0.368 e. The van der Waals surface area contributed by atoms with Crippen molar-refractivity contribution in [1.82, 2.24) is 14.7 Å². The minimum absolute atomic E-state index is 0. The molecule has 3 heterocycles. The van der Waals surface area contributed by atoms with Crippen LogP contribution in [-0.2, 0) is 0 Å². The zero-order chi connectivity index (χ0) is 15.6. The van der Waals surface area contributed by atoms with Crippen molar-refractivity contribution in [2.45, 2.75) is 0 Å². The molecule has 0 unspecified atom stereocenters. The molecule has 0 saturated carbocycles. The highest BCUT2D eigenvalue weighted by atomic mass is 35.5. The van der Waals surface area contributed by atoms with Gasteiger partial charge in [0.1, 0.15) is 17.2 Å². The topological polar surface area (TPSA) is 70.8 Å². The molecule has 24 heavy (non-hydrogen) atoms. The molecule has 1 aliphatic heterocycles. The first-order chi connectivity index (χ1) is 11.3. The zero-order valence-corrected chi connectivity index (χ0v) is 13.6. The SMILES string of the molecule is Cl.O=C(Nc1ccccc1)c1cn2cc(C3=NCCN3)ccc2n1. The van der Waals surface area contributed by atoms with Gasteiger partial charge in [0.15, 0.2) is 0 Å². The summed E-state index contributed by atoms with van der Waals surface area (Å²) in [5, 5.41) is 6.07. The maximum absolute atomic E-state index is 12.3. The molecule has 2 N–H and O–H groups in total. The number of carbonyl (C=O) groups is 1. The molecule has 4 rings (SSSR count). The van der Waals surface area contributed by atoms with E-state index in [1.807, 2.05) is 53.1 Å². The lowest BCUT2D eigenvalue weighted by Gasteiger charge is -2.02. The van der Waals surface area contributed by atoms with Crippen molar-refractivity contribution in [3.05, 3.63) is 66.1 Å². The number of carbonyl (C=O) groups excluding carboxylic acids is 1. The van der Waals surface area contributed by atoms with Gasteiger partial charge in [-0.3, -0.25) is 9.79 Å². The normalized spacial score (nSPS) is 13.1. The first kappa shape index (κ1) is 16.0. The third-order valence-electron chi connectivity index (χ3n) is 3.66. The Kier molecular flexibility index (Phi) is 4.48. The summed E-state index contributed by atoms with van der Waals surface area (Å²) in [4.78, 5) is 21.1. The highest BCUT2D eigenvalue weighted by Gasteiger charge is 2.13. The van der Waals surface area contributed by atoms with Crippen molar-refractivity contribution >= 4 is 35.5 Å². The van der Waals surface area contributed by atoms with Crippen LogP contribution in [0.15, 0.2) is 59.9 Å². The van der Waals surface area contributed by atoms with Crippen molar-refractivity contribution in [1.29, 1.82) is 0 Å². The molecule has 0 atom stereocenters. The van der Waals surface area contributed by atoms with Gasteiger partial charge in [-0.15, -0.1) is 12.4 Å². The Morgan fingerprint density at radius 1 is 1.12 bits per heavy atom. The molecule has 6 nitrogen and oxygen atoms in total. The molecule has 0 aliphatic carbocycles. The van der Waals surface area contributed by atoms with Crippen LogP contribution in [0.2, 0.25) is 0 Å². The van der Waals surface area contributed by atoms with Gasteiger partial charge in [-0.1, -0.05) is 18.2 Å². The van der Waals surface area contributed by atoms with Crippen LogP contribution in [0.1, 0.15) is 16.1 Å². The van der Waals surface area contributed by atoms with Crippen LogP contribution >= 0.6 is 12.4 Å². The van der Waals surface area contributed by atoms with Crippen LogP contribution in [0.4, 0.5) is 5.69 Å². The summed E-state index contributed by atoms with van der Waals surface area (Å²) >= 11 is 0. The van der Waals surface area contributed by atoms with E-state index in [0.717, 1.165) is 35.8 Å². The maximum Gasteiger partial charge on any atom is 0.275 e. The van der Waals surface area contributed by atoms with E-state index in [1.54, 1.807) is 6.20 Å². The average molecular weight is 342 g/mol. The molecule has 1 aliphatic rings. The van der Waals surface area contributed by atoms with E-state index in [-0.39, 0.29) is 18.3 Å². The van der Waals surface area contributed by atoms with Gasteiger partial charge in [0, 0.05) is 30.2 Å². The fourth-order valence-corrected chi connectivity index (χ4v) is 2.55. The minimum Gasteiger partial charge on any atom is -0.368 e. The van der Waals surface area contributed by atoms with Gasteiger partial charge in [-0.25, -0.2) is 4.98 Å². The zero-order valence-electron chi connectivity index (χ0n) is 12.8. The van der Waals surface area contributed by atoms with E-state index in [0.29, 0.717) is 5.69 Å². The molecule has 1 amide bonds. The monoisotopic (exact) mass is 341 g/mol. The standard InChI is InChI=1S/C17H15N5O.ClH/c23-17(20-13-4-2-1-3-5-13)14-11-22-10-12(6-7-15(22)21-14)16-18-8-9-19-16;/h1-7,10-11H,8-9H2,(H,18,19)(H,20,23);1H. The number of aromatic nitrogens is 2. The molecule has 0 spiro atoms. The number of pyridine rings is 1. The Balaban J connectivity index is 0.00000169. The number of hydrogen-bond acceptors (Lipinski definition) is 4. The summed E-state index contributed by atoms with van der Waals surface area (Å²) in [6.07, 6.45) is 3.66. The summed E-state index contributed by atoms with van der Waals surface area (Å²) in [5.74, 6) is 0.661. The number of imidazole rings is 1. The molecular weight excluding hydrogens is 326 g/mol. The summed E-state index contributed by atoms with van der Waals surface area (Å²) in [6.45, 7) is 1.66. The number of aliphatic imine (C=N–C) groups is 1. The Bertz CT molecular complexity index is 904. The highest BCUT2D eigenvalue weighted by Crippen LogP contribution is 2.12. The molecule has 0 fully saturated rings. The van der Waals surface area contributed by atoms with E-state index < -0.39 is 0 Å². The first-order valence-corrected chi connectivity index (χ1v) is 7.43. The Morgan fingerprint density at radius 2 is 1.96 bits per heavy atom. The van der Waals surface area contributed by atoms with Crippen LogP contribution in [0.5, 0.6) is 0 Å². The Morgan fingerprint density at radius 3 is 2.71 bits per heavy atom. The third kappa shape index (κ3) is 3.09. The summed E-state index contributed by atoms with van der Waals surface area (Å²) in [7, 11) is 0. The predicted octanol–water partition coefficient (Wildman–Crippen LogP) is 2.36. The van der Waals surface area contributed by atoms with Crippen molar-refractivity contribution < 1.29 is 4.79 Å². The number of benzene rings is 1. The van der Waals surface area contributed by atoms with Crippen LogP contribution in [0, 0.1) is 0 Å². The molecule has 0 saturated heterocycles. The van der Waals surface area contributed by atoms with E-state index >= 15 is 0 Å². The molecule has 2 aromatic heterocycles. The summed E-state index contributed by atoms with van der Waals surface area (Å²) < 4.78 is 1.84. The molecule has 122 valence electrons. The number of nitrogens with one attached hydrogen (secondary N) is 2. The summed E-state index contributed by atoms with van der Waals surface area (Å²) in [6, 6.07) is 13.2. The Labute approximate surface area is 145 Å². The van der Waals surface area contributed by atoms with Gasteiger partial charge in [0.05, 0.1) is 6.54 Å². The quantitative estimate of drug-likeness (QED) is 0.768. The number of nitrogens with zero attached hydrogens (tertiary/aromatic N) is 3. The molecule has 1 aromatic carbocycles. The number of para-hydroxylation sites is 1. The summed E-state index contributed by atoms with van der Waals surface area (Å²) in [5.41, 5.74) is 2.85. The number of anilines is 1. The van der Waals surface area contributed by atoms with Crippen molar-refractivity contribution in [2.75, 3.05) is 18.4 Å². The number of fused-ring (bicyclic) bond motifs is 1. The second-order valence-electron chi connectivity index (χ2n) is 5.29. The molecule has 3 aromatic rings. The fraction of sp³-hybridized carbons (Fsp3) is 0.118. The van der Waals surface area contributed by atoms with Crippen molar-refractivity contribution in [3.63, 3.8) is 0 Å². The van der Waals surface area contributed by atoms with Gasteiger partial charge in [0.25, 0.3) is 5.91 Å². The van der Waals surface area contributed by atoms with Gasteiger partial charge in [-0.05, 0) is 24.3 Å². The second-order valence-corrected chi connectivity index (χ2v) is 5.29. The lowest BCUT2D eigenvalue weighted by molar-refractivity contribution is 0.102. The highest BCUT2D eigenvalue weighted by molar-refractivity contribution is 6.03. The number of halogens is 1. The van der Waals surface area contributed by atoms with Crippen molar-refractivity contribution in [3.8, 4) is 0 Å². The third-order valence-corrected chi connectivity index (χ3v) is 3.66. The van der Waals surface area contributed by atoms with E-state index in [9.17, 15) is 4.79 Å². The number of rotatable bonds is 3. The number of amides is 1. The maximum atomic E-state index is 12.3. The predicted molar refractivity (Wildman–Crippen MR) is 96.2 cm³/mol. The number of hydrogen-bond donors (Lipinski definition) is 2. The van der Waals surface area contributed by atoms with Crippen LogP contribution in [-0.4, -0.2) is 34.2 Å². The molecular formula is C17H16ClN5O. The van der Waals surface area contributed by atoms with Crippen LogP contribution in [0.25, 0.3) is 5.65 Å². The average Bonchev–Trinajstić information content (AvgIpc) is 3.24. The number of amidine groups is 1. The van der Waals surface area contributed by atoms with Crippen molar-refractivity contribution in [2.24, 2.45) is 4.99 Å². The lowest BCUT2D eigenvalue weighted by Crippen LogP contribution is -2.19. The minimum atomic E-state index is -0.224. The van der Waals surface area contributed by atoms with Gasteiger partial charge < -0.3 is 15.0 Å². The van der Waals surface area contributed by atoms with Gasteiger partial charge >= 0.3 is 0 Å². The molecule has 0 radical (unpaired) electrons. The van der Waals surface area contributed by atoms with Crippen LogP contribution < -0.4 is 10.6 Å². The Hall–Kier alpha value is -2.86.